The van der Waals surface area contributed by atoms with Gasteiger partial charge in [0, 0.05) is 11.1 Å². The minimum Gasteiger partial charge on any atom is -0.493 e. The van der Waals surface area contributed by atoms with Crippen molar-refractivity contribution in [1.82, 2.24) is 19.9 Å². The van der Waals surface area contributed by atoms with Crippen molar-refractivity contribution >= 4 is 40.0 Å². The van der Waals surface area contributed by atoms with Crippen molar-refractivity contribution in [3.05, 3.63) is 60.2 Å². The van der Waals surface area contributed by atoms with Crippen LogP contribution in [-0.4, -0.2) is 36.4 Å². The summed E-state index contributed by atoms with van der Waals surface area (Å²) in [7, 11) is 0. The van der Waals surface area contributed by atoms with Crippen molar-refractivity contribution < 1.29 is 5.11 Å². The summed E-state index contributed by atoms with van der Waals surface area (Å²) in [5.41, 5.74) is 3.10. The quantitative estimate of drug-likeness (QED) is 0.523. The van der Waals surface area contributed by atoms with Crippen molar-refractivity contribution in [3.8, 4) is 5.88 Å². The molecule has 0 atom stereocenters. The zero-order valence-corrected chi connectivity index (χ0v) is 14.8. The number of fused-ring (bicyclic) bond motifs is 2. The molecule has 0 unspecified atom stereocenters. The maximum absolute atomic E-state index is 10.1. The van der Waals surface area contributed by atoms with E-state index in [2.05, 4.69) is 30.5 Å². The Balaban J connectivity index is 1.53. The second-order valence-corrected chi connectivity index (χ2v) is 6.81. The SMILES string of the molecule is Oc1[nH]c2ccccc2c1N=Nc1nnc2n1N=C(c1ccccc1)CS2. The van der Waals surface area contributed by atoms with Gasteiger partial charge < -0.3 is 10.1 Å². The lowest BCUT2D eigenvalue weighted by Gasteiger charge is -2.12. The predicted molar refractivity (Wildman–Crippen MR) is 103 cm³/mol. The molecule has 132 valence electrons. The van der Waals surface area contributed by atoms with E-state index in [9.17, 15) is 5.11 Å². The van der Waals surface area contributed by atoms with Crippen LogP contribution in [0.5, 0.6) is 5.88 Å². The normalized spacial score (nSPS) is 13.9. The number of hydrogen-bond donors (Lipinski definition) is 2. The lowest BCUT2D eigenvalue weighted by molar-refractivity contribution is 0.459. The molecule has 0 bridgehead atoms. The molecule has 0 saturated heterocycles. The highest BCUT2D eigenvalue weighted by molar-refractivity contribution is 7.99. The van der Waals surface area contributed by atoms with Crippen molar-refractivity contribution in [2.75, 3.05) is 5.75 Å². The summed E-state index contributed by atoms with van der Waals surface area (Å²) in [6.45, 7) is 0. The Hall–Kier alpha value is -3.46. The van der Waals surface area contributed by atoms with E-state index in [4.69, 9.17) is 0 Å². The number of aromatic nitrogens is 4. The second-order valence-electron chi connectivity index (χ2n) is 5.86. The molecular weight excluding hydrogens is 362 g/mol. The molecule has 1 aliphatic heterocycles. The van der Waals surface area contributed by atoms with Crippen LogP contribution in [0.2, 0.25) is 0 Å². The molecule has 1 aliphatic rings. The molecule has 9 heteroatoms. The number of azo groups is 1. The summed E-state index contributed by atoms with van der Waals surface area (Å²) < 4.78 is 1.58. The number of thioether (sulfide) groups is 1. The van der Waals surface area contributed by atoms with Gasteiger partial charge in [0.15, 0.2) is 5.69 Å². The van der Waals surface area contributed by atoms with Crippen LogP contribution in [0.25, 0.3) is 10.9 Å². The molecule has 3 heterocycles. The second kappa shape index (κ2) is 6.36. The highest BCUT2D eigenvalue weighted by Crippen LogP contribution is 2.36. The third kappa shape index (κ3) is 2.77. The fourth-order valence-electron chi connectivity index (χ4n) is 2.86. The van der Waals surface area contributed by atoms with Crippen LogP contribution in [-0.2, 0) is 0 Å². The summed E-state index contributed by atoms with van der Waals surface area (Å²) in [6, 6.07) is 17.4. The smallest absolute Gasteiger partial charge is 0.291 e. The summed E-state index contributed by atoms with van der Waals surface area (Å²) in [5.74, 6) is 0.930. The molecule has 2 aromatic heterocycles. The number of hydrogen-bond acceptors (Lipinski definition) is 7. The Morgan fingerprint density at radius 1 is 1.00 bits per heavy atom. The van der Waals surface area contributed by atoms with Crippen LogP contribution in [0, 0.1) is 0 Å². The summed E-state index contributed by atoms with van der Waals surface area (Å²) in [5, 5.41) is 32.7. The Bertz CT molecular complexity index is 1190. The van der Waals surface area contributed by atoms with E-state index in [1.165, 1.54) is 0 Å². The fourth-order valence-corrected chi connectivity index (χ4v) is 3.69. The van der Waals surface area contributed by atoms with E-state index >= 15 is 0 Å². The zero-order chi connectivity index (χ0) is 18.2. The van der Waals surface area contributed by atoms with Crippen LogP contribution in [0.3, 0.4) is 0 Å². The molecule has 0 saturated carbocycles. The number of aromatic hydroxyl groups is 1. The average molecular weight is 375 g/mol. The number of nitrogens with zero attached hydrogens (tertiary/aromatic N) is 6. The molecule has 2 aromatic carbocycles. The van der Waals surface area contributed by atoms with E-state index in [0.29, 0.717) is 16.6 Å². The molecule has 0 radical (unpaired) electrons. The van der Waals surface area contributed by atoms with Gasteiger partial charge in [-0.2, -0.15) is 9.78 Å². The molecule has 0 aliphatic carbocycles. The fraction of sp³-hybridized carbons (Fsp3) is 0.0556. The zero-order valence-electron chi connectivity index (χ0n) is 13.9. The Kier molecular flexibility index (Phi) is 3.72. The molecule has 0 spiro atoms. The molecule has 27 heavy (non-hydrogen) atoms. The summed E-state index contributed by atoms with van der Waals surface area (Å²) in [4.78, 5) is 2.88. The molecule has 5 rings (SSSR count). The largest absolute Gasteiger partial charge is 0.493 e. The van der Waals surface area contributed by atoms with Crippen molar-refractivity contribution in [2.45, 2.75) is 5.16 Å². The van der Waals surface area contributed by atoms with Crippen LogP contribution in [0.4, 0.5) is 11.6 Å². The molecular formula is C18H13N7OS. The average Bonchev–Trinajstić information content (AvgIpc) is 3.26. The minimum absolute atomic E-state index is 0.0406. The monoisotopic (exact) mass is 375 g/mol. The van der Waals surface area contributed by atoms with E-state index in [0.717, 1.165) is 22.2 Å². The highest BCUT2D eigenvalue weighted by Gasteiger charge is 2.20. The van der Waals surface area contributed by atoms with Gasteiger partial charge in [0.05, 0.1) is 11.2 Å². The highest BCUT2D eigenvalue weighted by atomic mass is 32.2. The van der Waals surface area contributed by atoms with E-state index < -0.39 is 0 Å². The predicted octanol–water partition coefficient (Wildman–Crippen LogP) is 4.24. The molecule has 0 amide bonds. The minimum atomic E-state index is -0.0406. The first kappa shape index (κ1) is 15.8. The Labute approximate surface area is 157 Å². The van der Waals surface area contributed by atoms with Gasteiger partial charge in [-0.25, -0.2) is 0 Å². The number of nitrogens with one attached hydrogen (secondary N) is 1. The van der Waals surface area contributed by atoms with Gasteiger partial charge in [0.2, 0.25) is 11.0 Å². The lowest BCUT2D eigenvalue weighted by Crippen LogP contribution is -2.12. The van der Waals surface area contributed by atoms with E-state index in [1.54, 1.807) is 16.4 Å². The summed E-state index contributed by atoms with van der Waals surface area (Å²) >= 11 is 1.54. The van der Waals surface area contributed by atoms with Crippen LogP contribution >= 0.6 is 11.8 Å². The number of para-hydroxylation sites is 1. The Morgan fingerprint density at radius 3 is 2.70 bits per heavy atom. The first-order valence-corrected chi connectivity index (χ1v) is 9.21. The van der Waals surface area contributed by atoms with E-state index in [1.807, 2.05) is 54.6 Å². The van der Waals surface area contributed by atoms with Crippen molar-refractivity contribution in [1.29, 1.82) is 0 Å². The third-order valence-electron chi connectivity index (χ3n) is 4.16. The summed E-state index contributed by atoms with van der Waals surface area (Å²) in [6.07, 6.45) is 0. The number of rotatable bonds is 3. The Morgan fingerprint density at radius 2 is 1.81 bits per heavy atom. The van der Waals surface area contributed by atoms with Crippen molar-refractivity contribution in [3.63, 3.8) is 0 Å². The van der Waals surface area contributed by atoms with Gasteiger partial charge >= 0.3 is 0 Å². The van der Waals surface area contributed by atoms with E-state index in [-0.39, 0.29) is 11.8 Å². The van der Waals surface area contributed by atoms with Gasteiger partial charge in [0.1, 0.15) is 0 Å². The van der Waals surface area contributed by atoms with Gasteiger partial charge in [-0.1, -0.05) is 60.3 Å². The number of benzene rings is 2. The number of H-pyrrole nitrogens is 1. The molecule has 4 aromatic rings. The van der Waals surface area contributed by atoms with Crippen LogP contribution < -0.4 is 0 Å². The van der Waals surface area contributed by atoms with Gasteiger partial charge in [-0.15, -0.1) is 20.4 Å². The standard InChI is InChI=1S/C18H13N7OS/c26-16-15(12-8-4-5-9-13(12)19-16)20-21-17-22-23-18-25(17)24-14(10-27-18)11-6-2-1-3-7-11/h1-9,19,26H,10H2. The maximum Gasteiger partial charge on any atom is 0.291 e. The molecule has 0 fully saturated rings. The van der Waals surface area contributed by atoms with Gasteiger partial charge in [-0.05, 0) is 11.6 Å². The third-order valence-corrected chi connectivity index (χ3v) is 5.09. The molecule has 8 nitrogen and oxygen atoms in total. The first-order valence-electron chi connectivity index (χ1n) is 8.22. The van der Waals surface area contributed by atoms with Gasteiger partial charge in [-0.3, -0.25) is 0 Å². The maximum atomic E-state index is 10.1. The van der Waals surface area contributed by atoms with Crippen LogP contribution in [0.1, 0.15) is 5.56 Å². The number of aromatic amines is 1. The van der Waals surface area contributed by atoms with Gasteiger partial charge in [0.25, 0.3) is 5.95 Å². The first-order chi connectivity index (χ1) is 13.3. The molecule has 2 N–H and O–H groups in total. The van der Waals surface area contributed by atoms with Crippen LogP contribution in [0.15, 0.2) is 75.1 Å². The topological polar surface area (TPSA) is 104 Å². The lowest BCUT2D eigenvalue weighted by atomic mass is 10.1. The van der Waals surface area contributed by atoms with Crippen molar-refractivity contribution in [2.24, 2.45) is 15.3 Å².